The summed E-state index contributed by atoms with van der Waals surface area (Å²) in [5, 5.41) is 24.0. The number of carbonyl (C=O) groups excluding carboxylic acids is 1. The van der Waals surface area contributed by atoms with Crippen molar-refractivity contribution in [3.63, 3.8) is 0 Å². The first-order valence-electron chi connectivity index (χ1n) is 14.4. The number of amides is 1. The minimum absolute atomic E-state index is 0.0491. The summed E-state index contributed by atoms with van der Waals surface area (Å²) in [7, 11) is 0. The number of aromatic nitrogens is 2. The van der Waals surface area contributed by atoms with E-state index in [1.165, 1.54) is 37.7 Å². The highest BCUT2D eigenvalue weighted by molar-refractivity contribution is 5.84. The van der Waals surface area contributed by atoms with E-state index in [4.69, 9.17) is 25.5 Å². The summed E-state index contributed by atoms with van der Waals surface area (Å²) >= 11 is 0. The van der Waals surface area contributed by atoms with Gasteiger partial charge in [0.25, 0.3) is 0 Å². The number of nitrogens with one attached hydrogen (secondary N) is 3. The minimum Gasteiger partial charge on any atom is -0.475 e. The van der Waals surface area contributed by atoms with Crippen LogP contribution in [0.3, 0.4) is 0 Å². The molecule has 1 aliphatic carbocycles. The fourth-order valence-corrected chi connectivity index (χ4v) is 4.14. The molecule has 1 aromatic carbocycles. The van der Waals surface area contributed by atoms with Crippen molar-refractivity contribution in [1.82, 2.24) is 15.3 Å². The van der Waals surface area contributed by atoms with Crippen LogP contribution in [0.1, 0.15) is 61.8 Å². The zero-order valence-corrected chi connectivity index (χ0v) is 25.5. The summed E-state index contributed by atoms with van der Waals surface area (Å²) in [5.74, 6) is -3.59. The molecule has 0 bridgehead atoms. The third-order valence-corrected chi connectivity index (χ3v) is 6.54. The SMILES string of the molecule is Cc1ccc(CNC(=O)[C@H](CCCN)Nc2cc(C)nc(NCC3CCCCC3)n2)cc1.O=C(O)C(F)(F)F.O=C(O)C(F)(F)F. The average molecular weight is 667 g/mol. The number of alkyl halides is 6. The largest absolute Gasteiger partial charge is 0.490 e. The van der Waals surface area contributed by atoms with E-state index in [-0.39, 0.29) is 5.91 Å². The third kappa shape index (κ3) is 16.8. The first kappa shape index (κ1) is 39.9. The Labute approximate surface area is 262 Å². The van der Waals surface area contributed by atoms with Gasteiger partial charge in [0.05, 0.1) is 0 Å². The maximum absolute atomic E-state index is 12.9. The molecule has 7 N–H and O–H groups in total. The number of halogens is 6. The molecule has 2 aromatic rings. The van der Waals surface area contributed by atoms with Crippen LogP contribution in [0.4, 0.5) is 38.1 Å². The van der Waals surface area contributed by atoms with Gasteiger partial charge in [0.15, 0.2) is 0 Å². The number of anilines is 2. The molecule has 1 atom stereocenters. The fourth-order valence-electron chi connectivity index (χ4n) is 4.14. The van der Waals surface area contributed by atoms with Crippen LogP contribution in [-0.4, -0.2) is 69.5 Å². The molecule has 3 rings (SSSR count). The van der Waals surface area contributed by atoms with Crippen molar-refractivity contribution < 1.29 is 50.9 Å². The second kappa shape index (κ2) is 19.4. The predicted molar refractivity (Wildman–Crippen MR) is 158 cm³/mol. The second-order valence-electron chi connectivity index (χ2n) is 10.5. The zero-order chi connectivity index (χ0) is 34.9. The summed E-state index contributed by atoms with van der Waals surface area (Å²) in [5.41, 5.74) is 8.86. The first-order chi connectivity index (χ1) is 21.4. The van der Waals surface area contributed by atoms with Crippen LogP contribution in [0.5, 0.6) is 0 Å². The maximum atomic E-state index is 12.9. The van der Waals surface area contributed by atoms with Crippen LogP contribution in [0, 0.1) is 19.8 Å². The Kier molecular flexibility index (Phi) is 16.8. The number of hydrogen-bond donors (Lipinski definition) is 6. The number of benzene rings is 1. The van der Waals surface area contributed by atoms with E-state index in [2.05, 4.69) is 45.0 Å². The second-order valence-corrected chi connectivity index (χ2v) is 10.5. The minimum atomic E-state index is -5.08. The summed E-state index contributed by atoms with van der Waals surface area (Å²) in [4.78, 5) is 39.9. The lowest BCUT2D eigenvalue weighted by Crippen LogP contribution is -2.40. The van der Waals surface area contributed by atoms with Gasteiger partial charge in [-0.25, -0.2) is 14.6 Å². The van der Waals surface area contributed by atoms with E-state index in [0.717, 1.165) is 24.2 Å². The highest BCUT2D eigenvalue weighted by Crippen LogP contribution is 2.24. The molecule has 1 amide bonds. The summed E-state index contributed by atoms with van der Waals surface area (Å²) in [6.45, 7) is 5.94. The van der Waals surface area contributed by atoms with Crippen LogP contribution >= 0.6 is 0 Å². The molecule has 0 aliphatic heterocycles. The van der Waals surface area contributed by atoms with Crippen molar-refractivity contribution in [3.8, 4) is 0 Å². The van der Waals surface area contributed by atoms with Gasteiger partial charge in [0.1, 0.15) is 11.9 Å². The molecular weight excluding hydrogens is 626 g/mol. The number of rotatable bonds is 11. The van der Waals surface area contributed by atoms with Crippen molar-refractivity contribution in [2.75, 3.05) is 23.7 Å². The van der Waals surface area contributed by atoms with Crippen molar-refractivity contribution in [1.29, 1.82) is 0 Å². The summed E-state index contributed by atoms with van der Waals surface area (Å²) < 4.78 is 63.5. The van der Waals surface area contributed by atoms with Crippen LogP contribution in [0.15, 0.2) is 30.3 Å². The normalized spacial score (nSPS) is 14.0. The molecule has 0 radical (unpaired) electrons. The molecule has 1 heterocycles. The van der Waals surface area contributed by atoms with Crippen LogP contribution in [-0.2, 0) is 20.9 Å². The quantitative estimate of drug-likeness (QED) is 0.175. The predicted octanol–water partition coefficient (Wildman–Crippen LogP) is 5.19. The topological polar surface area (TPSA) is 180 Å². The van der Waals surface area contributed by atoms with E-state index in [9.17, 15) is 31.1 Å². The molecule has 46 heavy (non-hydrogen) atoms. The van der Waals surface area contributed by atoms with Crippen LogP contribution in [0.25, 0.3) is 0 Å². The number of nitrogens with zero attached hydrogens (tertiary/aromatic N) is 2. The smallest absolute Gasteiger partial charge is 0.475 e. The first-order valence-corrected chi connectivity index (χ1v) is 14.4. The van der Waals surface area contributed by atoms with Gasteiger partial charge >= 0.3 is 24.3 Å². The van der Waals surface area contributed by atoms with Gasteiger partial charge in [0.2, 0.25) is 11.9 Å². The van der Waals surface area contributed by atoms with Gasteiger partial charge in [-0.05, 0) is 57.6 Å². The molecule has 1 saturated carbocycles. The lowest BCUT2D eigenvalue weighted by Gasteiger charge is -2.22. The Morgan fingerprint density at radius 2 is 1.48 bits per heavy atom. The number of carboxylic acids is 2. The monoisotopic (exact) mass is 666 g/mol. The Balaban J connectivity index is 0.000000629. The Morgan fingerprint density at radius 3 is 1.98 bits per heavy atom. The third-order valence-electron chi connectivity index (χ3n) is 6.54. The molecule has 0 spiro atoms. The van der Waals surface area contributed by atoms with E-state index >= 15 is 0 Å². The van der Waals surface area contributed by atoms with Gasteiger partial charge in [-0.1, -0.05) is 49.1 Å². The van der Waals surface area contributed by atoms with Crippen molar-refractivity contribution in [3.05, 3.63) is 47.2 Å². The van der Waals surface area contributed by atoms with Gasteiger partial charge in [-0.3, -0.25) is 4.79 Å². The van der Waals surface area contributed by atoms with Crippen molar-refractivity contribution in [2.24, 2.45) is 11.7 Å². The number of nitrogens with two attached hydrogens (primary N) is 1. The number of hydrogen-bond acceptors (Lipinski definition) is 8. The van der Waals surface area contributed by atoms with Gasteiger partial charge in [0, 0.05) is 24.8 Å². The molecule has 11 nitrogen and oxygen atoms in total. The summed E-state index contributed by atoms with van der Waals surface area (Å²) in [6, 6.07) is 9.67. The standard InChI is InChI=1S/C25H38N6O.2C2HF3O2/c1-18-10-12-21(13-11-18)16-27-24(32)22(9-6-14-26)30-23-15-19(2)29-25(31-23)28-17-20-7-4-3-5-8-20;2*3-2(4,5)1(6)7/h10-13,15,20,22H,3-9,14,16-17,26H2,1-2H3,(H,27,32)(H2,28,29,30,31);2*(H,6,7)/t22-;;/m0../s1. The van der Waals surface area contributed by atoms with E-state index < -0.39 is 30.3 Å². The zero-order valence-electron chi connectivity index (χ0n) is 25.5. The Hall–Kier alpha value is -4.15. The molecule has 0 saturated heterocycles. The maximum Gasteiger partial charge on any atom is 0.490 e. The van der Waals surface area contributed by atoms with Gasteiger partial charge < -0.3 is 31.9 Å². The average Bonchev–Trinajstić information content (AvgIpc) is 2.97. The number of carboxylic acid groups (broad SMARTS) is 2. The number of carbonyl (C=O) groups is 3. The lowest BCUT2D eigenvalue weighted by atomic mass is 9.89. The van der Waals surface area contributed by atoms with Gasteiger partial charge in [-0.15, -0.1) is 0 Å². The summed E-state index contributed by atoms with van der Waals surface area (Å²) in [6.07, 6.45) is -2.25. The highest BCUT2D eigenvalue weighted by Gasteiger charge is 2.38. The molecule has 258 valence electrons. The van der Waals surface area contributed by atoms with Crippen LogP contribution < -0.4 is 21.7 Å². The Morgan fingerprint density at radius 1 is 0.935 bits per heavy atom. The molecular formula is C29H40F6N6O5. The van der Waals surface area contributed by atoms with Gasteiger partial charge in [-0.2, -0.15) is 31.3 Å². The molecule has 1 aromatic heterocycles. The van der Waals surface area contributed by atoms with Crippen LogP contribution in [0.2, 0.25) is 0 Å². The Bertz CT molecular complexity index is 1210. The number of aliphatic carboxylic acids is 2. The van der Waals surface area contributed by atoms with E-state index in [1.54, 1.807) is 0 Å². The molecule has 0 unspecified atom stereocenters. The van der Waals surface area contributed by atoms with E-state index in [1.807, 2.05) is 25.1 Å². The van der Waals surface area contributed by atoms with Crippen molar-refractivity contribution >= 4 is 29.6 Å². The van der Waals surface area contributed by atoms with Crippen molar-refractivity contribution in [2.45, 2.75) is 83.7 Å². The molecule has 17 heteroatoms. The highest BCUT2D eigenvalue weighted by atomic mass is 19.4. The molecule has 1 aliphatic rings. The fraction of sp³-hybridized carbons (Fsp3) is 0.552. The molecule has 1 fully saturated rings. The van der Waals surface area contributed by atoms with E-state index in [0.29, 0.717) is 37.2 Å². The lowest BCUT2D eigenvalue weighted by molar-refractivity contribution is -0.193. The number of aryl methyl sites for hydroxylation is 2.